The van der Waals surface area contributed by atoms with Crippen molar-refractivity contribution in [3.05, 3.63) is 28.5 Å². The number of halogens is 1. The molecule has 1 atom stereocenters. The van der Waals surface area contributed by atoms with E-state index in [1.807, 2.05) is 19.1 Å². The van der Waals surface area contributed by atoms with Crippen LogP contribution in [0.2, 0.25) is 5.02 Å². The molecule has 0 spiro atoms. The average molecular weight is 250 g/mol. The number of aromatic amines is 1. The van der Waals surface area contributed by atoms with Crippen LogP contribution in [0, 0.1) is 6.92 Å². The van der Waals surface area contributed by atoms with Crippen LogP contribution >= 0.6 is 11.6 Å². The van der Waals surface area contributed by atoms with E-state index in [1.165, 1.54) is 12.8 Å². The highest BCUT2D eigenvalue weighted by atomic mass is 35.5. The first-order valence-electron chi connectivity index (χ1n) is 6.10. The number of hydrogen-bond donors (Lipinski definition) is 2. The van der Waals surface area contributed by atoms with Crippen molar-refractivity contribution in [2.75, 3.05) is 6.54 Å². The van der Waals surface area contributed by atoms with Gasteiger partial charge in [0.1, 0.15) is 5.82 Å². The molecule has 0 radical (unpaired) electrons. The van der Waals surface area contributed by atoms with Crippen LogP contribution in [-0.2, 0) is 6.42 Å². The van der Waals surface area contributed by atoms with Crippen molar-refractivity contribution >= 4 is 22.6 Å². The summed E-state index contributed by atoms with van der Waals surface area (Å²) in [5.41, 5.74) is 3.22. The van der Waals surface area contributed by atoms with E-state index in [9.17, 15) is 0 Å². The van der Waals surface area contributed by atoms with E-state index in [2.05, 4.69) is 15.3 Å². The zero-order chi connectivity index (χ0) is 11.8. The van der Waals surface area contributed by atoms with Crippen LogP contribution in [0.25, 0.3) is 11.0 Å². The Morgan fingerprint density at radius 2 is 2.35 bits per heavy atom. The summed E-state index contributed by atoms with van der Waals surface area (Å²) < 4.78 is 0. The smallest absolute Gasteiger partial charge is 0.108 e. The highest BCUT2D eigenvalue weighted by Crippen LogP contribution is 2.22. The fourth-order valence-electron chi connectivity index (χ4n) is 2.56. The zero-order valence-corrected chi connectivity index (χ0v) is 10.6. The fourth-order valence-corrected chi connectivity index (χ4v) is 2.83. The summed E-state index contributed by atoms with van der Waals surface area (Å²) in [6.07, 6.45) is 3.50. The Morgan fingerprint density at radius 3 is 3.12 bits per heavy atom. The van der Waals surface area contributed by atoms with E-state index in [0.29, 0.717) is 6.04 Å². The molecule has 1 unspecified atom stereocenters. The van der Waals surface area contributed by atoms with Gasteiger partial charge in [0.25, 0.3) is 0 Å². The second kappa shape index (κ2) is 4.31. The van der Waals surface area contributed by atoms with Crippen molar-refractivity contribution in [1.82, 2.24) is 15.3 Å². The molecular weight excluding hydrogens is 234 g/mol. The highest BCUT2D eigenvalue weighted by Gasteiger charge is 2.16. The predicted molar refractivity (Wildman–Crippen MR) is 70.6 cm³/mol. The molecule has 90 valence electrons. The Kier molecular flexibility index (Phi) is 2.81. The first kappa shape index (κ1) is 11.1. The van der Waals surface area contributed by atoms with Crippen molar-refractivity contribution in [2.45, 2.75) is 32.2 Å². The van der Waals surface area contributed by atoms with Crippen molar-refractivity contribution < 1.29 is 0 Å². The molecule has 2 heterocycles. The Bertz CT molecular complexity index is 541. The normalized spacial score (nSPS) is 20.2. The first-order valence-corrected chi connectivity index (χ1v) is 6.48. The molecule has 0 aliphatic carbocycles. The lowest BCUT2D eigenvalue weighted by molar-refractivity contribution is 0.589. The number of hydrogen-bond acceptors (Lipinski definition) is 2. The summed E-state index contributed by atoms with van der Waals surface area (Å²) in [5.74, 6) is 1.06. The number of fused-ring (bicyclic) bond motifs is 1. The molecule has 3 nitrogen and oxygen atoms in total. The Labute approximate surface area is 106 Å². The summed E-state index contributed by atoms with van der Waals surface area (Å²) >= 11 is 6.04. The van der Waals surface area contributed by atoms with Crippen LogP contribution in [-0.4, -0.2) is 22.6 Å². The minimum absolute atomic E-state index is 0.575. The molecular formula is C13H16ClN3. The van der Waals surface area contributed by atoms with Gasteiger partial charge in [-0.15, -0.1) is 0 Å². The maximum Gasteiger partial charge on any atom is 0.108 e. The van der Waals surface area contributed by atoms with Gasteiger partial charge in [-0.05, 0) is 44.0 Å². The van der Waals surface area contributed by atoms with Crippen molar-refractivity contribution in [1.29, 1.82) is 0 Å². The van der Waals surface area contributed by atoms with E-state index in [0.717, 1.165) is 40.4 Å². The number of benzene rings is 1. The lowest BCUT2D eigenvalue weighted by atomic mass is 10.1. The SMILES string of the molecule is Cc1cc(Cl)cc2[nH]c(CC3CCCN3)nc12. The largest absolute Gasteiger partial charge is 0.342 e. The maximum absolute atomic E-state index is 6.04. The van der Waals surface area contributed by atoms with E-state index >= 15 is 0 Å². The number of nitrogens with one attached hydrogen (secondary N) is 2. The van der Waals surface area contributed by atoms with E-state index in [-0.39, 0.29) is 0 Å². The minimum Gasteiger partial charge on any atom is -0.342 e. The summed E-state index contributed by atoms with van der Waals surface area (Å²) in [6, 6.07) is 4.48. The molecule has 1 aromatic carbocycles. The van der Waals surface area contributed by atoms with Gasteiger partial charge in [0.15, 0.2) is 0 Å². The number of aryl methyl sites for hydroxylation is 1. The number of rotatable bonds is 2. The van der Waals surface area contributed by atoms with Crippen LogP contribution in [0.3, 0.4) is 0 Å². The van der Waals surface area contributed by atoms with Gasteiger partial charge >= 0.3 is 0 Å². The average Bonchev–Trinajstić information content (AvgIpc) is 2.87. The molecule has 0 bridgehead atoms. The number of H-pyrrole nitrogens is 1. The molecule has 3 rings (SSSR count). The van der Waals surface area contributed by atoms with Gasteiger partial charge < -0.3 is 10.3 Å². The van der Waals surface area contributed by atoms with Crippen LogP contribution < -0.4 is 5.32 Å². The van der Waals surface area contributed by atoms with Crippen molar-refractivity contribution in [3.63, 3.8) is 0 Å². The number of aromatic nitrogens is 2. The summed E-state index contributed by atoms with van der Waals surface area (Å²) in [5, 5.41) is 4.26. The number of nitrogens with zero attached hydrogens (tertiary/aromatic N) is 1. The molecule has 4 heteroatoms. The summed E-state index contributed by atoms with van der Waals surface area (Å²) in [6.45, 7) is 3.18. The Balaban J connectivity index is 1.93. The first-order chi connectivity index (χ1) is 8.22. The molecule has 1 aromatic heterocycles. The van der Waals surface area contributed by atoms with Crippen LogP contribution in [0.1, 0.15) is 24.2 Å². The Morgan fingerprint density at radius 1 is 1.47 bits per heavy atom. The van der Waals surface area contributed by atoms with Crippen molar-refractivity contribution in [2.24, 2.45) is 0 Å². The Hall–Kier alpha value is -1.06. The monoisotopic (exact) mass is 249 g/mol. The third-order valence-electron chi connectivity index (χ3n) is 3.39. The third-order valence-corrected chi connectivity index (χ3v) is 3.61. The minimum atomic E-state index is 0.575. The predicted octanol–water partition coefficient (Wildman–Crippen LogP) is 2.82. The van der Waals surface area contributed by atoms with Crippen LogP contribution in [0.4, 0.5) is 0 Å². The van der Waals surface area contributed by atoms with Crippen LogP contribution in [0.5, 0.6) is 0 Å². The van der Waals surface area contributed by atoms with Gasteiger partial charge in [0.05, 0.1) is 11.0 Å². The molecule has 1 aliphatic rings. The molecule has 2 aromatic rings. The lowest BCUT2D eigenvalue weighted by Crippen LogP contribution is -2.24. The standard InChI is InChI=1S/C13H16ClN3/c1-8-5-9(14)6-11-13(8)17-12(16-11)7-10-3-2-4-15-10/h5-6,10,15H,2-4,7H2,1H3,(H,16,17). The van der Waals surface area contributed by atoms with Gasteiger partial charge in [-0.3, -0.25) is 0 Å². The molecule has 1 fully saturated rings. The molecule has 1 aliphatic heterocycles. The van der Waals surface area contributed by atoms with Crippen molar-refractivity contribution in [3.8, 4) is 0 Å². The molecule has 0 saturated carbocycles. The van der Waals surface area contributed by atoms with Gasteiger partial charge in [0, 0.05) is 17.5 Å². The molecule has 2 N–H and O–H groups in total. The van der Waals surface area contributed by atoms with E-state index < -0.39 is 0 Å². The second-order valence-electron chi connectivity index (χ2n) is 4.80. The zero-order valence-electron chi connectivity index (χ0n) is 9.89. The fraction of sp³-hybridized carbons (Fsp3) is 0.462. The quantitative estimate of drug-likeness (QED) is 0.859. The molecule has 1 saturated heterocycles. The molecule has 0 amide bonds. The van der Waals surface area contributed by atoms with E-state index in [1.54, 1.807) is 0 Å². The van der Waals surface area contributed by atoms with Crippen LogP contribution in [0.15, 0.2) is 12.1 Å². The van der Waals surface area contributed by atoms with Gasteiger partial charge in [-0.25, -0.2) is 4.98 Å². The maximum atomic E-state index is 6.04. The highest BCUT2D eigenvalue weighted by molar-refractivity contribution is 6.31. The summed E-state index contributed by atoms with van der Waals surface area (Å²) in [7, 11) is 0. The third kappa shape index (κ3) is 2.17. The summed E-state index contributed by atoms with van der Waals surface area (Å²) in [4.78, 5) is 8.03. The van der Waals surface area contributed by atoms with E-state index in [4.69, 9.17) is 11.6 Å². The second-order valence-corrected chi connectivity index (χ2v) is 5.24. The number of imidazole rings is 1. The van der Waals surface area contributed by atoms with Gasteiger partial charge in [-0.1, -0.05) is 11.6 Å². The van der Waals surface area contributed by atoms with Gasteiger partial charge in [0.2, 0.25) is 0 Å². The lowest BCUT2D eigenvalue weighted by Gasteiger charge is -2.06. The van der Waals surface area contributed by atoms with Gasteiger partial charge in [-0.2, -0.15) is 0 Å². The topological polar surface area (TPSA) is 40.7 Å². The molecule has 17 heavy (non-hydrogen) atoms.